The minimum Gasteiger partial charge on any atom is -0.333 e. The average molecular weight is 345 g/mol. The third-order valence-corrected chi connectivity index (χ3v) is 5.04. The molecular weight excluding hydrogens is 322 g/mol. The van der Waals surface area contributed by atoms with Gasteiger partial charge in [-0.1, -0.05) is 54.6 Å². The summed E-state index contributed by atoms with van der Waals surface area (Å²) in [4.78, 5) is 18.9. The summed E-state index contributed by atoms with van der Waals surface area (Å²) in [5.41, 5.74) is 3.30. The number of hydrogen-bond acceptors (Lipinski definition) is 2. The van der Waals surface area contributed by atoms with Gasteiger partial charge in [-0.25, -0.2) is 4.98 Å². The molecule has 1 saturated heterocycles. The van der Waals surface area contributed by atoms with Gasteiger partial charge in [0.25, 0.3) is 0 Å². The maximum Gasteiger partial charge on any atom is 0.220 e. The van der Waals surface area contributed by atoms with Crippen molar-refractivity contribution in [3.8, 4) is 0 Å². The topological polar surface area (TPSA) is 38.1 Å². The van der Waals surface area contributed by atoms with E-state index in [1.807, 2.05) is 41.3 Å². The molecule has 3 aromatic rings. The molecule has 1 aromatic heterocycles. The average Bonchev–Trinajstić information content (AvgIpc) is 3.27. The maximum absolute atomic E-state index is 12.0. The first-order chi connectivity index (χ1) is 12.7. The lowest BCUT2D eigenvalue weighted by Gasteiger charge is -2.23. The highest BCUT2D eigenvalue weighted by atomic mass is 16.2. The van der Waals surface area contributed by atoms with Crippen LogP contribution in [0.5, 0.6) is 0 Å². The number of aromatic nitrogens is 2. The summed E-state index contributed by atoms with van der Waals surface area (Å²) < 4.78 is 2.25. The number of carbonyl (C=O) groups excluding carboxylic acids is 1. The number of carbonyl (C=O) groups is 1. The molecule has 0 bridgehead atoms. The number of allylic oxidation sites excluding steroid dienone is 1. The number of rotatable bonds is 4. The van der Waals surface area contributed by atoms with E-state index in [-0.39, 0.29) is 11.9 Å². The van der Waals surface area contributed by atoms with Crippen LogP contribution in [0.1, 0.15) is 37.2 Å². The van der Waals surface area contributed by atoms with E-state index in [1.165, 1.54) is 5.56 Å². The van der Waals surface area contributed by atoms with E-state index in [9.17, 15) is 4.79 Å². The van der Waals surface area contributed by atoms with Gasteiger partial charge in [-0.3, -0.25) is 4.79 Å². The lowest BCUT2D eigenvalue weighted by Crippen LogP contribution is -2.29. The van der Waals surface area contributed by atoms with Gasteiger partial charge in [0.05, 0.1) is 17.1 Å². The molecule has 1 atom stereocenters. The molecule has 0 radical (unpaired) electrons. The number of amides is 1. The summed E-state index contributed by atoms with van der Waals surface area (Å²) in [5.74, 6) is 1.13. The quantitative estimate of drug-likeness (QED) is 0.701. The summed E-state index contributed by atoms with van der Waals surface area (Å²) in [6.45, 7) is 3.22. The van der Waals surface area contributed by atoms with E-state index in [4.69, 9.17) is 4.98 Å². The Hall–Kier alpha value is -2.88. The summed E-state index contributed by atoms with van der Waals surface area (Å²) in [5, 5.41) is 0. The van der Waals surface area contributed by atoms with Crippen molar-refractivity contribution < 1.29 is 4.79 Å². The number of para-hydroxylation sites is 2. The van der Waals surface area contributed by atoms with Gasteiger partial charge in [0.2, 0.25) is 5.91 Å². The van der Waals surface area contributed by atoms with Crippen LogP contribution in [0.15, 0.2) is 60.7 Å². The molecule has 0 spiro atoms. The molecule has 4 heteroatoms. The molecule has 1 aliphatic heterocycles. The number of likely N-dealkylation sites (tertiary alicyclic amines) is 1. The van der Waals surface area contributed by atoms with E-state index in [0.29, 0.717) is 0 Å². The number of hydrogen-bond donors (Lipinski definition) is 0. The van der Waals surface area contributed by atoms with Crippen LogP contribution in [-0.4, -0.2) is 26.9 Å². The molecule has 132 valence electrons. The van der Waals surface area contributed by atoms with Gasteiger partial charge in [-0.2, -0.15) is 0 Å². The van der Waals surface area contributed by atoms with Gasteiger partial charge in [0, 0.05) is 20.0 Å². The first kappa shape index (κ1) is 16.6. The maximum atomic E-state index is 12.0. The monoisotopic (exact) mass is 345 g/mol. The third-order valence-electron chi connectivity index (χ3n) is 5.04. The smallest absolute Gasteiger partial charge is 0.220 e. The molecule has 1 amide bonds. The van der Waals surface area contributed by atoms with Gasteiger partial charge >= 0.3 is 0 Å². The van der Waals surface area contributed by atoms with E-state index >= 15 is 0 Å². The van der Waals surface area contributed by atoms with Crippen LogP contribution >= 0.6 is 0 Å². The minimum atomic E-state index is 0.0741. The normalized spacial score (nSPS) is 17.4. The fourth-order valence-corrected chi connectivity index (χ4v) is 3.81. The second-order valence-corrected chi connectivity index (χ2v) is 6.75. The number of benzene rings is 2. The fraction of sp³-hybridized carbons (Fsp3) is 0.273. The Morgan fingerprint density at radius 2 is 1.92 bits per heavy atom. The molecule has 0 aliphatic carbocycles. The molecule has 0 saturated carbocycles. The second-order valence-electron chi connectivity index (χ2n) is 6.75. The fourth-order valence-electron chi connectivity index (χ4n) is 3.81. The highest BCUT2D eigenvalue weighted by Crippen LogP contribution is 2.33. The van der Waals surface area contributed by atoms with Crippen LogP contribution in [0.25, 0.3) is 17.1 Å². The van der Waals surface area contributed by atoms with Crippen molar-refractivity contribution in [3.05, 3.63) is 72.1 Å². The molecule has 1 aliphatic rings. The number of imidazole rings is 1. The van der Waals surface area contributed by atoms with Crippen molar-refractivity contribution in [2.24, 2.45) is 0 Å². The van der Waals surface area contributed by atoms with Crippen molar-refractivity contribution in [1.29, 1.82) is 0 Å². The second kappa shape index (κ2) is 7.16. The van der Waals surface area contributed by atoms with Gasteiger partial charge in [-0.05, 0) is 30.5 Å². The standard InChI is InChI=1S/C22H23N3O/c1-17(26)24-15-8-14-21(24)22-23-19-12-5-6-13-20(19)25(22)16-7-11-18-9-3-2-4-10-18/h2-7,9-13,21H,8,14-16H2,1H3. The van der Waals surface area contributed by atoms with Crippen molar-refractivity contribution >= 4 is 23.0 Å². The van der Waals surface area contributed by atoms with E-state index in [2.05, 4.69) is 34.9 Å². The Balaban J connectivity index is 1.70. The highest BCUT2D eigenvalue weighted by molar-refractivity contribution is 5.77. The largest absolute Gasteiger partial charge is 0.333 e. The van der Waals surface area contributed by atoms with Crippen LogP contribution in [0.3, 0.4) is 0 Å². The lowest BCUT2D eigenvalue weighted by molar-refractivity contribution is -0.129. The predicted molar refractivity (Wildman–Crippen MR) is 105 cm³/mol. The van der Waals surface area contributed by atoms with E-state index < -0.39 is 0 Å². The Morgan fingerprint density at radius 1 is 1.15 bits per heavy atom. The molecule has 0 N–H and O–H groups in total. The SMILES string of the molecule is CC(=O)N1CCCC1c1nc2ccccc2n1CC=Cc1ccccc1. The Bertz CT molecular complexity index is 942. The molecule has 4 rings (SSSR count). The summed E-state index contributed by atoms with van der Waals surface area (Å²) in [7, 11) is 0. The van der Waals surface area contributed by atoms with Crippen LogP contribution in [0.4, 0.5) is 0 Å². The van der Waals surface area contributed by atoms with Crippen molar-refractivity contribution in [2.75, 3.05) is 6.54 Å². The van der Waals surface area contributed by atoms with Crippen LogP contribution in [0, 0.1) is 0 Å². The lowest BCUT2D eigenvalue weighted by atomic mass is 10.2. The van der Waals surface area contributed by atoms with Gasteiger partial charge in [-0.15, -0.1) is 0 Å². The first-order valence-corrected chi connectivity index (χ1v) is 9.18. The minimum absolute atomic E-state index is 0.0741. The summed E-state index contributed by atoms with van der Waals surface area (Å²) in [6, 6.07) is 18.6. The van der Waals surface area contributed by atoms with Gasteiger partial charge in [0.1, 0.15) is 5.82 Å². The summed E-state index contributed by atoms with van der Waals surface area (Å²) in [6.07, 6.45) is 6.31. The molecule has 2 aromatic carbocycles. The Morgan fingerprint density at radius 3 is 2.73 bits per heavy atom. The van der Waals surface area contributed by atoms with Crippen LogP contribution in [-0.2, 0) is 11.3 Å². The van der Waals surface area contributed by atoms with Crippen molar-refractivity contribution in [3.63, 3.8) is 0 Å². The highest BCUT2D eigenvalue weighted by Gasteiger charge is 2.31. The number of nitrogens with zero attached hydrogens (tertiary/aromatic N) is 3. The Kier molecular flexibility index (Phi) is 4.57. The van der Waals surface area contributed by atoms with Crippen molar-refractivity contribution in [1.82, 2.24) is 14.5 Å². The van der Waals surface area contributed by atoms with Gasteiger partial charge in [0.15, 0.2) is 0 Å². The number of fused-ring (bicyclic) bond motifs is 1. The molecule has 1 unspecified atom stereocenters. The zero-order valence-corrected chi connectivity index (χ0v) is 15.0. The Labute approximate surface area is 153 Å². The summed E-state index contributed by atoms with van der Waals surface area (Å²) >= 11 is 0. The first-order valence-electron chi connectivity index (χ1n) is 9.18. The van der Waals surface area contributed by atoms with Crippen LogP contribution < -0.4 is 0 Å². The molecule has 26 heavy (non-hydrogen) atoms. The van der Waals surface area contributed by atoms with E-state index in [1.54, 1.807) is 6.92 Å². The van der Waals surface area contributed by atoms with Crippen molar-refractivity contribution in [2.45, 2.75) is 32.4 Å². The van der Waals surface area contributed by atoms with Gasteiger partial charge < -0.3 is 9.47 Å². The predicted octanol–water partition coefficient (Wildman–Crippen LogP) is 4.43. The van der Waals surface area contributed by atoms with Crippen LogP contribution in [0.2, 0.25) is 0 Å². The van der Waals surface area contributed by atoms with E-state index in [0.717, 1.165) is 42.8 Å². The zero-order chi connectivity index (χ0) is 17.9. The molecule has 1 fully saturated rings. The zero-order valence-electron chi connectivity index (χ0n) is 15.0. The molecule has 2 heterocycles. The molecule has 4 nitrogen and oxygen atoms in total. The third kappa shape index (κ3) is 3.15. The molecular formula is C22H23N3O.